The van der Waals surface area contributed by atoms with Gasteiger partial charge >= 0.3 is 0 Å². The number of hydrogen-bond acceptors (Lipinski definition) is 0. The fraction of sp³-hybridized carbons (Fsp3) is 0.149. The van der Waals surface area contributed by atoms with Crippen LogP contribution in [0.15, 0.2) is 169 Å². The lowest BCUT2D eigenvalue weighted by molar-refractivity contribution is 0.623. The van der Waals surface area contributed by atoms with Crippen molar-refractivity contribution in [2.24, 2.45) is 23.7 Å². The van der Waals surface area contributed by atoms with Crippen LogP contribution in [0.3, 0.4) is 0 Å². The molecule has 47 heavy (non-hydrogen) atoms. The molecule has 4 unspecified atom stereocenters. The third-order valence-electron chi connectivity index (χ3n) is 11.7. The monoisotopic (exact) mass is 600 g/mol. The third-order valence-corrected chi connectivity index (χ3v) is 11.7. The standard InChI is InChI=1S/C47H36/c1-47(2)44-16-6-5-13-39(44)40-22-21-34(28-45(40)47)33-20-19-31-25-30(17-18-32(31)26-33)29-9-7-10-35(27-29)36-23-24-43-38-12-4-3-11-37(38)42-15-8-14-41(36)46(42)43/h3-28,37-38,41,46H,1-2H3. The van der Waals surface area contributed by atoms with E-state index in [0.717, 1.165) is 0 Å². The van der Waals surface area contributed by atoms with E-state index in [1.807, 2.05) is 0 Å². The van der Waals surface area contributed by atoms with Crippen LogP contribution in [-0.2, 0) is 5.41 Å². The molecule has 0 aliphatic heterocycles. The van der Waals surface area contributed by atoms with Gasteiger partial charge in [0.05, 0.1) is 0 Å². The zero-order valence-corrected chi connectivity index (χ0v) is 26.8. The summed E-state index contributed by atoms with van der Waals surface area (Å²) in [4.78, 5) is 0. The van der Waals surface area contributed by atoms with E-state index in [1.54, 1.807) is 11.1 Å². The van der Waals surface area contributed by atoms with Crippen molar-refractivity contribution in [3.8, 4) is 33.4 Å². The summed E-state index contributed by atoms with van der Waals surface area (Å²) in [6.07, 6.45) is 21.2. The number of fused-ring (bicyclic) bond motifs is 7. The Balaban J connectivity index is 0.969. The zero-order chi connectivity index (χ0) is 31.3. The molecule has 0 bridgehead atoms. The summed E-state index contributed by atoms with van der Waals surface area (Å²) < 4.78 is 0. The minimum absolute atomic E-state index is 0.00487. The summed E-state index contributed by atoms with van der Waals surface area (Å²) in [7, 11) is 0. The minimum atomic E-state index is 0.00487. The van der Waals surface area contributed by atoms with E-state index in [-0.39, 0.29) is 5.41 Å². The number of hydrogen-bond donors (Lipinski definition) is 0. The van der Waals surface area contributed by atoms with Gasteiger partial charge in [-0.05, 0) is 90.7 Å². The summed E-state index contributed by atoms with van der Waals surface area (Å²) >= 11 is 0. The highest BCUT2D eigenvalue weighted by molar-refractivity contribution is 5.92. The molecule has 5 aliphatic rings. The highest BCUT2D eigenvalue weighted by Crippen LogP contribution is 2.57. The maximum absolute atomic E-state index is 2.43. The summed E-state index contributed by atoms with van der Waals surface area (Å²) in [6, 6.07) is 39.0. The van der Waals surface area contributed by atoms with Crippen LogP contribution in [0.2, 0.25) is 0 Å². The number of allylic oxidation sites excluding steroid dienone is 12. The van der Waals surface area contributed by atoms with Crippen LogP contribution >= 0.6 is 0 Å². The van der Waals surface area contributed by atoms with Gasteiger partial charge in [-0.3, -0.25) is 0 Å². The molecule has 10 rings (SSSR count). The van der Waals surface area contributed by atoms with Crippen molar-refractivity contribution in [2.45, 2.75) is 19.3 Å². The van der Waals surface area contributed by atoms with Gasteiger partial charge in [-0.2, -0.15) is 0 Å². The Morgan fingerprint density at radius 2 is 1.06 bits per heavy atom. The van der Waals surface area contributed by atoms with Gasteiger partial charge in [0.15, 0.2) is 0 Å². The Morgan fingerprint density at radius 3 is 1.85 bits per heavy atom. The molecule has 0 heteroatoms. The number of rotatable bonds is 3. The number of benzene rings is 5. The second-order valence-electron chi connectivity index (χ2n) is 14.5. The van der Waals surface area contributed by atoms with Gasteiger partial charge in [-0.1, -0.05) is 159 Å². The summed E-state index contributed by atoms with van der Waals surface area (Å²) in [5.74, 6) is 1.89. The molecule has 0 N–H and O–H groups in total. The lowest BCUT2D eigenvalue weighted by atomic mass is 9.72. The average Bonchev–Trinajstić information content (AvgIpc) is 3.57. The van der Waals surface area contributed by atoms with E-state index >= 15 is 0 Å². The molecule has 0 aromatic heterocycles. The van der Waals surface area contributed by atoms with Crippen LogP contribution in [0.4, 0.5) is 0 Å². The minimum Gasteiger partial charge on any atom is -0.0764 e. The first-order valence-electron chi connectivity index (χ1n) is 17.1. The van der Waals surface area contributed by atoms with E-state index in [2.05, 4.69) is 172 Å². The van der Waals surface area contributed by atoms with E-state index in [4.69, 9.17) is 0 Å². The van der Waals surface area contributed by atoms with Crippen LogP contribution < -0.4 is 0 Å². The molecule has 0 amide bonds. The van der Waals surface area contributed by atoms with Gasteiger partial charge in [-0.25, -0.2) is 0 Å². The van der Waals surface area contributed by atoms with Crippen LogP contribution in [0, 0.1) is 23.7 Å². The van der Waals surface area contributed by atoms with Gasteiger partial charge < -0.3 is 0 Å². The Morgan fingerprint density at radius 1 is 0.447 bits per heavy atom. The SMILES string of the molecule is CC1(C)c2ccccc2-c2ccc(-c3ccc4cc(-c5cccc(C6=CC=C7C8C=CC=CC8C8=CC=CC6C87)c5)ccc4c3)cc21. The van der Waals surface area contributed by atoms with E-state index in [0.29, 0.717) is 23.7 Å². The molecule has 0 spiro atoms. The van der Waals surface area contributed by atoms with Gasteiger partial charge in [0, 0.05) is 29.1 Å². The van der Waals surface area contributed by atoms with E-state index < -0.39 is 0 Å². The van der Waals surface area contributed by atoms with Crippen LogP contribution in [0.1, 0.15) is 30.5 Å². The van der Waals surface area contributed by atoms with Crippen LogP contribution in [0.5, 0.6) is 0 Å². The van der Waals surface area contributed by atoms with Crippen molar-refractivity contribution in [2.75, 3.05) is 0 Å². The highest BCUT2D eigenvalue weighted by Gasteiger charge is 2.46. The maximum Gasteiger partial charge on any atom is 0.0159 e. The lowest BCUT2D eigenvalue weighted by Crippen LogP contribution is -2.20. The Bertz CT molecular complexity index is 2350. The molecule has 0 heterocycles. The van der Waals surface area contributed by atoms with Crippen LogP contribution in [0.25, 0.3) is 49.7 Å². The Kier molecular flexibility index (Phi) is 5.68. The first-order chi connectivity index (χ1) is 23.0. The second-order valence-corrected chi connectivity index (χ2v) is 14.5. The molecule has 5 aromatic carbocycles. The highest BCUT2D eigenvalue weighted by atomic mass is 14.5. The molecular weight excluding hydrogens is 565 g/mol. The first-order valence-corrected chi connectivity index (χ1v) is 17.1. The van der Waals surface area contributed by atoms with Gasteiger partial charge in [0.1, 0.15) is 0 Å². The van der Waals surface area contributed by atoms with Crippen molar-refractivity contribution in [1.82, 2.24) is 0 Å². The molecule has 224 valence electrons. The predicted molar refractivity (Wildman–Crippen MR) is 198 cm³/mol. The van der Waals surface area contributed by atoms with Crippen molar-refractivity contribution >= 4 is 16.3 Å². The molecular formula is C47H36. The fourth-order valence-electron chi connectivity index (χ4n) is 9.33. The van der Waals surface area contributed by atoms with Crippen molar-refractivity contribution in [1.29, 1.82) is 0 Å². The van der Waals surface area contributed by atoms with Gasteiger partial charge in [0.2, 0.25) is 0 Å². The summed E-state index contributed by atoms with van der Waals surface area (Å²) in [5, 5.41) is 2.55. The van der Waals surface area contributed by atoms with E-state index in [1.165, 1.54) is 66.4 Å². The van der Waals surface area contributed by atoms with Crippen LogP contribution in [-0.4, -0.2) is 0 Å². The van der Waals surface area contributed by atoms with Gasteiger partial charge in [0.25, 0.3) is 0 Å². The molecule has 1 saturated carbocycles. The molecule has 4 atom stereocenters. The molecule has 0 nitrogen and oxygen atoms in total. The lowest BCUT2D eigenvalue weighted by Gasteiger charge is -2.32. The van der Waals surface area contributed by atoms with Crippen molar-refractivity contribution in [3.05, 3.63) is 186 Å². The molecule has 5 aromatic rings. The smallest absolute Gasteiger partial charge is 0.0159 e. The first kappa shape index (κ1) is 27.0. The summed E-state index contributed by atoms with van der Waals surface area (Å²) in [5.41, 5.74) is 16.6. The largest absolute Gasteiger partial charge is 0.0764 e. The maximum atomic E-state index is 2.43. The Hall–Kier alpha value is -5.20. The quantitative estimate of drug-likeness (QED) is 0.193. The zero-order valence-electron chi connectivity index (χ0n) is 26.8. The summed E-state index contributed by atoms with van der Waals surface area (Å²) in [6.45, 7) is 4.71. The topological polar surface area (TPSA) is 0 Å². The molecule has 5 aliphatic carbocycles. The van der Waals surface area contributed by atoms with Crippen molar-refractivity contribution < 1.29 is 0 Å². The molecule has 0 radical (unpaired) electrons. The molecule has 0 saturated heterocycles. The average molecular weight is 601 g/mol. The van der Waals surface area contributed by atoms with E-state index in [9.17, 15) is 0 Å². The normalized spacial score (nSPS) is 23.8. The fourth-order valence-corrected chi connectivity index (χ4v) is 9.33. The Labute approximate surface area is 277 Å². The third kappa shape index (κ3) is 3.94. The van der Waals surface area contributed by atoms with Gasteiger partial charge in [-0.15, -0.1) is 0 Å². The molecule has 1 fully saturated rings. The predicted octanol–water partition coefficient (Wildman–Crippen LogP) is 11.9. The van der Waals surface area contributed by atoms with Crippen molar-refractivity contribution in [3.63, 3.8) is 0 Å². The second kappa shape index (κ2) is 9.90.